The number of thiophene rings is 1. The van der Waals surface area contributed by atoms with Gasteiger partial charge >= 0.3 is 0 Å². The lowest BCUT2D eigenvalue weighted by atomic mass is 9.99. The Morgan fingerprint density at radius 3 is 2.92 bits per heavy atom. The topological polar surface area (TPSA) is 45.6 Å². The van der Waals surface area contributed by atoms with Crippen molar-refractivity contribution >= 4 is 45.5 Å². The molecule has 0 aliphatic carbocycles. The molecule has 3 aromatic rings. The predicted molar refractivity (Wildman–Crippen MR) is 102 cm³/mol. The molecule has 0 saturated heterocycles. The second kappa shape index (κ2) is 6.24. The highest BCUT2D eigenvalue weighted by Gasteiger charge is 2.33. The van der Waals surface area contributed by atoms with E-state index >= 15 is 0 Å². The maximum absolute atomic E-state index is 12.1. The summed E-state index contributed by atoms with van der Waals surface area (Å²) in [7, 11) is 0. The summed E-state index contributed by atoms with van der Waals surface area (Å²) >= 11 is 8.12. The van der Waals surface area contributed by atoms with E-state index in [1.807, 2.05) is 48.0 Å². The molecule has 3 heterocycles. The normalized spacial score (nSPS) is 17.2. The van der Waals surface area contributed by atoms with E-state index in [1.165, 1.54) is 11.9 Å². The molecule has 4 rings (SSSR count). The third-order valence-electron chi connectivity index (χ3n) is 4.47. The number of hydrogen-bond donors (Lipinski definition) is 0. The average molecular weight is 370 g/mol. The number of benzene rings is 1. The first-order chi connectivity index (χ1) is 12.0. The van der Waals surface area contributed by atoms with Crippen molar-refractivity contribution in [1.82, 2.24) is 9.99 Å². The first-order valence-corrected chi connectivity index (χ1v) is 9.32. The zero-order valence-corrected chi connectivity index (χ0v) is 15.4. The summed E-state index contributed by atoms with van der Waals surface area (Å²) in [6.07, 6.45) is 0.634. The van der Waals surface area contributed by atoms with Crippen LogP contribution in [0.3, 0.4) is 0 Å². The summed E-state index contributed by atoms with van der Waals surface area (Å²) < 4.78 is 0. The van der Waals surface area contributed by atoms with E-state index in [0.29, 0.717) is 11.6 Å². The van der Waals surface area contributed by atoms with Gasteiger partial charge in [0.25, 0.3) is 0 Å². The molecule has 0 N–H and O–H groups in total. The van der Waals surface area contributed by atoms with E-state index in [4.69, 9.17) is 11.6 Å². The Morgan fingerprint density at radius 2 is 2.20 bits per heavy atom. The zero-order chi connectivity index (χ0) is 17.6. The number of aryl methyl sites for hydroxylation is 1. The fourth-order valence-corrected chi connectivity index (χ4v) is 4.15. The molecule has 1 amide bonds. The summed E-state index contributed by atoms with van der Waals surface area (Å²) in [5, 5.41) is 11.6. The SMILES string of the molecule is CC(=O)N1N=C(c2ccsc2)C[C@H]1c1cc2cccc(C)c2nc1Cl. The van der Waals surface area contributed by atoms with Crippen LogP contribution in [0.4, 0.5) is 0 Å². The summed E-state index contributed by atoms with van der Waals surface area (Å²) in [4.78, 5) is 16.7. The quantitative estimate of drug-likeness (QED) is 0.599. The molecule has 0 saturated carbocycles. The van der Waals surface area contributed by atoms with Crippen molar-refractivity contribution in [3.05, 3.63) is 62.9 Å². The largest absolute Gasteiger partial charge is 0.273 e. The minimum atomic E-state index is -0.225. The predicted octanol–water partition coefficient (Wildman–Crippen LogP) is 4.96. The van der Waals surface area contributed by atoms with Crippen molar-refractivity contribution in [2.24, 2.45) is 5.10 Å². The number of amides is 1. The van der Waals surface area contributed by atoms with Gasteiger partial charge in [0.1, 0.15) is 5.15 Å². The number of halogens is 1. The van der Waals surface area contributed by atoms with E-state index < -0.39 is 0 Å². The third-order valence-corrected chi connectivity index (χ3v) is 5.46. The van der Waals surface area contributed by atoms with Gasteiger partial charge < -0.3 is 0 Å². The standard InChI is InChI=1S/C19H16ClN3OS/c1-11-4-3-5-13-8-15(19(20)21-18(11)13)17-9-16(14-6-7-25-10-14)22-23(17)12(2)24/h3-8,10,17H,9H2,1-2H3/t17-/m0/s1. The second-order valence-electron chi connectivity index (χ2n) is 6.16. The van der Waals surface area contributed by atoms with Crippen LogP contribution in [0.15, 0.2) is 46.2 Å². The molecular formula is C19H16ClN3OS. The van der Waals surface area contributed by atoms with Crippen LogP contribution in [-0.2, 0) is 4.79 Å². The molecule has 0 fully saturated rings. The van der Waals surface area contributed by atoms with Crippen molar-refractivity contribution in [3.63, 3.8) is 0 Å². The van der Waals surface area contributed by atoms with E-state index in [2.05, 4.69) is 10.1 Å². The lowest BCUT2D eigenvalue weighted by Crippen LogP contribution is -2.24. The number of rotatable bonds is 2. The van der Waals surface area contributed by atoms with E-state index in [-0.39, 0.29) is 11.9 Å². The molecule has 25 heavy (non-hydrogen) atoms. The van der Waals surface area contributed by atoms with Gasteiger partial charge in [-0.25, -0.2) is 9.99 Å². The van der Waals surface area contributed by atoms with Gasteiger partial charge in [-0.3, -0.25) is 4.79 Å². The number of carbonyl (C=O) groups is 1. The molecule has 0 bridgehead atoms. The zero-order valence-electron chi connectivity index (χ0n) is 13.9. The summed E-state index contributed by atoms with van der Waals surface area (Å²) in [6.45, 7) is 3.54. The van der Waals surface area contributed by atoms with Gasteiger partial charge in [-0.15, -0.1) is 0 Å². The Morgan fingerprint density at radius 1 is 1.36 bits per heavy atom. The van der Waals surface area contributed by atoms with Crippen molar-refractivity contribution < 1.29 is 4.79 Å². The Hall–Kier alpha value is -2.24. The lowest BCUT2D eigenvalue weighted by molar-refractivity contribution is -0.130. The molecule has 1 aromatic carbocycles. The molecule has 6 heteroatoms. The molecule has 1 aliphatic heterocycles. The molecule has 0 unspecified atom stereocenters. The van der Waals surface area contributed by atoms with E-state index in [9.17, 15) is 4.79 Å². The smallest absolute Gasteiger partial charge is 0.240 e. The molecule has 0 radical (unpaired) electrons. The minimum absolute atomic E-state index is 0.101. The number of hydrogen-bond acceptors (Lipinski definition) is 4. The van der Waals surface area contributed by atoms with Crippen LogP contribution < -0.4 is 0 Å². The summed E-state index contributed by atoms with van der Waals surface area (Å²) in [6, 6.07) is 9.86. The molecule has 4 nitrogen and oxygen atoms in total. The Kier molecular flexibility index (Phi) is 4.06. The number of aromatic nitrogens is 1. The molecule has 2 aromatic heterocycles. The number of pyridine rings is 1. The summed E-state index contributed by atoms with van der Waals surface area (Å²) in [5.74, 6) is -0.101. The highest BCUT2D eigenvalue weighted by molar-refractivity contribution is 7.08. The monoisotopic (exact) mass is 369 g/mol. The van der Waals surface area contributed by atoms with Crippen LogP contribution in [0.2, 0.25) is 5.15 Å². The maximum atomic E-state index is 12.1. The van der Waals surface area contributed by atoms with Gasteiger partial charge in [0.2, 0.25) is 5.91 Å². The van der Waals surface area contributed by atoms with Gasteiger partial charge in [0.15, 0.2) is 0 Å². The molecule has 0 spiro atoms. The molecule has 1 aliphatic rings. The fraction of sp³-hybridized carbons (Fsp3) is 0.211. The van der Waals surface area contributed by atoms with Crippen LogP contribution in [0.1, 0.15) is 36.1 Å². The van der Waals surface area contributed by atoms with Crippen molar-refractivity contribution in [2.75, 3.05) is 0 Å². The van der Waals surface area contributed by atoms with Crippen LogP contribution in [0, 0.1) is 6.92 Å². The van der Waals surface area contributed by atoms with Crippen LogP contribution in [0.5, 0.6) is 0 Å². The van der Waals surface area contributed by atoms with Crippen LogP contribution >= 0.6 is 22.9 Å². The number of hydrazone groups is 1. The van der Waals surface area contributed by atoms with Gasteiger partial charge in [-0.05, 0) is 35.4 Å². The number of para-hydroxylation sites is 1. The summed E-state index contributed by atoms with van der Waals surface area (Å²) in [5.41, 5.74) is 4.77. The third kappa shape index (κ3) is 2.83. The van der Waals surface area contributed by atoms with Crippen molar-refractivity contribution in [1.29, 1.82) is 0 Å². The number of fused-ring (bicyclic) bond motifs is 1. The molecular weight excluding hydrogens is 354 g/mol. The number of carbonyl (C=O) groups excluding carboxylic acids is 1. The van der Waals surface area contributed by atoms with Gasteiger partial charge in [0.05, 0.1) is 17.3 Å². The van der Waals surface area contributed by atoms with Gasteiger partial charge in [-0.1, -0.05) is 29.8 Å². The van der Waals surface area contributed by atoms with Crippen molar-refractivity contribution in [3.8, 4) is 0 Å². The first kappa shape index (κ1) is 16.2. The molecule has 126 valence electrons. The van der Waals surface area contributed by atoms with Gasteiger partial charge in [0, 0.05) is 29.9 Å². The lowest BCUT2D eigenvalue weighted by Gasteiger charge is -2.21. The van der Waals surface area contributed by atoms with Crippen molar-refractivity contribution in [2.45, 2.75) is 26.3 Å². The highest BCUT2D eigenvalue weighted by Crippen LogP contribution is 2.37. The van der Waals surface area contributed by atoms with Crippen LogP contribution in [-0.4, -0.2) is 21.6 Å². The van der Waals surface area contributed by atoms with Crippen LogP contribution in [0.25, 0.3) is 10.9 Å². The molecule has 1 atom stereocenters. The number of nitrogens with zero attached hydrogens (tertiary/aromatic N) is 3. The Balaban J connectivity index is 1.80. The highest BCUT2D eigenvalue weighted by atomic mass is 35.5. The van der Waals surface area contributed by atoms with E-state index in [1.54, 1.807) is 11.3 Å². The van der Waals surface area contributed by atoms with E-state index in [0.717, 1.165) is 33.3 Å². The average Bonchev–Trinajstić information content (AvgIpc) is 3.24. The Bertz CT molecular complexity index is 997. The minimum Gasteiger partial charge on any atom is -0.273 e. The fourth-order valence-electron chi connectivity index (χ4n) is 3.22. The second-order valence-corrected chi connectivity index (χ2v) is 7.30. The Labute approximate surface area is 154 Å². The van der Waals surface area contributed by atoms with Gasteiger partial charge in [-0.2, -0.15) is 16.4 Å². The maximum Gasteiger partial charge on any atom is 0.240 e. The first-order valence-electron chi connectivity index (χ1n) is 8.00.